The highest BCUT2D eigenvalue weighted by Gasteiger charge is 2.16. The van der Waals surface area contributed by atoms with Gasteiger partial charge in [-0.2, -0.15) is 4.98 Å². The molecule has 28 heavy (non-hydrogen) atoms. The van der Waals surface area contributed by atoms with Gasteiger partial charge in [0.15, 0.2) is 0 Å². The highest BCUT2D eigenvalue weighted by Crippen LogP contribution is 2.17. The van der Waals surface area contributed by atoms with Crippen molar-refractivity contribution < 1.29 is 9.18 Å². The average molecular weight is 384 g/mol. The van der Waals surface area contributed by atoms with Crippen molar-refractivity contribution in [1.82, 2.24) is 19.2 Å². The van der Waals surface area contributed by atoms with Crippen molar-refractivity contribution in [2.24, 2.45) is 0 Å². The summed E-state index contributed by atoms with van der Waals surface area (Å²) in [6, 6.07) is 6.22. The van der Waals surface area contributed by atoms with Crippen LogP contribution in [-0.4, -0.2) is 38.2 Å². The van der Waals surface area contributed by atoms with Crippen LogP contribution in [0.2, 0.25) is 0 Å². The van der Waals surface area contributed by atoms with Gasteiger partial charge in [0.25, 0.3) is 5.78 Å². The summed E-state index contributed by atoms with van der Waals surface area (Å²) in [6.07, 6.45) is 5.08. The fourth-order valence-electron chi connectivity index (χ4n) is 3.31. The number of carbonyl (C=O) groups excluding carboxylic acids is 1. The Morgan fingerprint density at radius 1 is 1.21 bits per heavy atom. The summed E-state index contributed by atoms with van der Waals surface area (Å²) in [5.41, 5.74) is 0.374. The number of anilines is 2. The third-order valence-corrected chi connectivity index (χ3v) is 4.87. The summed E-state index contributed by atoms with van der Waals surface area (Å²) in [7, 11) is 0. The first-order valence-corrected chi connectivity index (χ1v) is 9.28. The smallest absolute Gasteiger partial charge is 0.352 e. The number of benzene rings is 1. The Balaban J connectivity index is 1.53. The average Bonchev–Trinajstić information content (AvgIpc) is 3.00. The molecule has 1 aromatic carbocycles. The van der Waals surface area contributed by atoms with E-state index in [-0.39, 0.29) is 12.3 Å². The number of piperidine rings is 1. The molecule has 0 unspecified atom stereocenters. The zero-order valence-corrected chi connectivity index (χ0v) is 15.6. The van der Waals surface area contributed by atoms with Crippen LogP contribution >= 0.6 is 0 Å². The Morgan fingerprint density at radius 2 is 2.00 bits per heavy atom. The SMILES string of the molecule is Cc1ccc(NC(=O)Cn2nc3nc(N4CCCCC4)ccn3c2=O)cc1F. The number of fused-ring (bicyclic) bond motifs is 1. The van der Waals surface area contributed by atoms with Gasteiger partial charge in [-0.05, 0) is 49.9 Å². The fourth-order valence-corrected chi connectivity index (χ4v) is 3.31. The summed E-state index contributed by atoms with van der Waals surface area (Å²) < 4.78 is 16.0. The van der Waals surface area contributed by atoms with Crippen LogP contribution in [0.1, 0.15) is 24.8 Å². The Kier molecular flexibility index (Phi) is 4.81. The number of hydrogen-bond acceptors (Lipinski definition) is 5. The van der Waals surface area contributed by atoms with E-state index in [9.17, 15) is 14.0 Å². The molecule has 3 heterocycles. The minimum Gasteiger partial charge on any atom is -0.356 e. The van der Waals surface area contributed by atoms with E-state index in [1.165, 1.54) is 16.9 Å². The molecular formula is C19H21FN6O2. The molecule has 0 saturated carbocycles. The number of halogens is 1. The standard InChI is InChI=1S/C19H21FN6O2/c1-13-5-6-14(11-15(13)20)21-17(27)12-26-19(28)25-10-7-16(22-18(25)23-26)24-8-3-2-4-9-24/h5-7,10-11H,2-4,8-9,12H2,1H3,(H,21,27). The lowest BCUT2D eigenvalue weighted by Crippen LogP contribution is -2.30. The Hall–Kier alpha value is -3.23. The van der Waals surface area contributed by atoms with Crippen LogP contribution in [0.4, 0.5) is 15.9 Å². The maximum absolute atomic E-state index is 13.6. The second-order valence-electron chi connectivity index (χ2n) is 6.96. The third-order valence-electron chi connectivity index (χ3n) is 4.87. The normalized spacial score (nSPS) is 14.4. The van der Waals surface area contributed by atoms with Gasteiger partial charge in [-0.1, -0.05) is 6.07 Å². The third kappa shape index (κ3) is 3.60. The van der Waals surface area contributed by atoms with Gasteiger partial charge in [-0.25, -0.2) is 18.3 Å². The number of aromatic nitrogens is 4. The van der Waals surface area contributed by atoms with Crippen molar-refractivity contribution in [3.63, 3.8) is 0 Å². The summed E-state index contributed by atoms with van der Waals surface area (Å²) in [5, 5.41) is 6.75. The molecule has 8 nitrogen and oxygen atoms in total. The number of carbonyl (C=O) groups is 1. The number of rotatable bonds is 4. The number of nitrogens with one attached hydrogen (secondary N) is 1. The van der Waals surface area contributed by atoms with Crippen molar-refractivity contribution >= 4 is 23.2 Å². The van der Waals surface area contributed by atoms with Crippen LogP contribution in [-0.2, 0) is 11.3 Å². The number of hydrogen-bond donors (Lipinski definition) is 1. The topological polar surface area (TPSA) is 84.5 Å². The van der Waals surface area contributed by atoms with Crippen molar-refractivity contribution in [2.45, 2.75) is 32.7 Å². The van der Waals surface area contributed by atoms with Crippen LogP contribution in [0.15, 0.2) is 35.3 Å². The van der Waals surface area contributed by atoms with Crippen LogP contribution in [0.5, 0.6) is 0 Å². The molecule has 0 spiro atoms. The Morgan fingerprint density at radius 3 is 2.75 bits per heavy atom. The lowest BCUT2D eigenvalue weighted by Gasteiger charge is -2.27. The van der Waals surface area contributed by atoms with E-state index in [1.807, 2.05) is 0 Å². The monoisotopic (exact) mass is 384 g/mol. The number of amides is 1. The van der Waals surface area contributed by atoms with Gasteiger partial charge in [-0.15, -0.1) is 5.10 Å². The number of aryl methyl sites for hydroxylation is 1. The molecule has 1 aliphatic rings. The molecule has 1 amide bonds. The molecule has 0 bridgehead atoms. The maximum Gasteiger partial charge on any atom is 0.352 e. The first kappa shape index (κ1) is 18.1. The zero-order valence-electron chi connectivity index (χ0n) is 15.6. The molecule has 3 aromatic rings. The Bertz CT molecular complexity index is 1080. The highest BCUT2D eigenvalue weighted by atomic mass is 19.1. The van der Waals surface area contributed by atoms with Gasteiger partial charge in [0.2, 0.25) is 5.91 Å². The van der Waals surface area contributed by atoms with E-state index in [1.54, 1.807) is 31.3 Å². The van der Waals surface area contributed by atoms with Gasteiger partial charge in [0.05, 0.1) is 0 Å². The molecule has 0 radical (unpaired) electrons. The quantitative estimate of drug-likeness (QED) is 0.743. The van der Waals surface area contributed by atoms with Gasteiger partial charge in [-0.3, -0.25) is 4.79 Å². The molecular weight excluding hydrogens is 363 g/mol. The maximum atomic E-state index is 13.6. The van der Waals surface area contributed by atoms with Crippen molar-refractivity contribution in [2.75, 3.05) is 23.3 Å². The van der Waals surface area contributed by atoms with Crippen molar-refractivity contribution in [1.29, 1.82) is 0 Å². The van der Waals surface area contributed by atoms with Crippen molar-refractivity contribution in [3.8, 4) is 0 Å². The largest absolute Gasteiger partial charge is 0.356 e. The first-order valence-electron chi connectivity index (χ1n) is 9.28. The molecule has 1 saturated heterocycles. The second kappa shape index (κ2) is 7.41. The molecule has 1 fully saturated rings. The van der Waals surface area contributed by atoms with E-state index in [4.69, 9.17) is 0 Å². The van der Waals surface area contributed by atoms with E-state index >= 15 is 0 Å². The Labute approximate surface area is 160 Å². The van der Waals surface area contributed by atoms with Crippen LogP contribution in [0.3, 0.4) is 0 Å². The van der Waals surface area contributed by atoms with Crippen LogP contribution in [0, 0.1) is 12.7 Å². The van der Waals surface area contributed by atoms with Gasteiger partial charge < -0.3 is 10.2 Å². The van der Waals surface area contributed by atoms with Crippen LogP contribution in [0.25, 0.3) is 5.78 Å². The first-order chi connectivity index (χ1) is 13.5. The summed E-state index contributed by atoms with van der Waals surface area (Å²) in [6.45, 7) is 3.23. The molecule has 9 heteroatoms. The van der Waals surface area contributed by atoms with Gasteiger partial charge in [0, 0.05) is 25.0 Å². The highest BCUT2D eigenvalue weighted by molar-refractivity contribution is 5.90. The van der Waals surface area contributed by atoms with E-state index in [2.05, 4.69) is 20.3 Å². The van der Waals surface area contributed by atoms with E-state index in [0.717, 1.165) is 36.4 Å². The summed E-state index contributed by atoms with van der Waals surface area (Å²) >= 11 is 0. The second-order valence-corrected chi connectivity index (χ2v) is 6.96. The van der Waals surface area contributed by atoms with Gasteiger partial charge >= 0.3 is 5.69 Å². The molecule has 4 rings (SSSR count). The molecule has 146 valence electrons. The molecule has 0 aliphatic carbocycles. The minimum atomic E-state index is -0.468. The minimum absolute atomic E-state index is 0.252. The zero-order chi connectivity index (χ0) is 19.7. The molecule has 1 N–H and O–H groups in total. The number of nitrogens with zero attached hydrogens (tertiary/aromatic N) is 5. The summed E-state index contributed by atoms with van der Waals surface area (Å²) in [4.78, 5) is 31.4. The predicted octanol–water partition coefficient (Wildman–Crippen LogP) is 1.97. The van der Waals surface area contributed by atoms with Crippen molar-refractivity contribution in [3.05, 3.63) is 52.3 Å². The summed E-state index contributed by atoms with van der Waals surface area (Å²) in [5.74, 6) is 0.160. The van der Waals surface area contributed by atoms with E-state index < -0.39 is 17.4 Å². The lowest BCUT2D eigenvalue weighted by atomic mass is 10.1. The molecule has 2 aromatic heterocycles. The lowest BCUT2D eigenvalue weighted by molar-refractivity contribution is -0.117. The molecule has 1 aliphatic heterocycles. The van der Waals surface area contributed by atoms with E-state index in [0.29, 0.717) is 11.3 Å². The van der Waals surface area contributed by atoms with Crippen LogP contribution < -0.4 is 15.9 Å². The predicted molar refractivity (Wildman–Crippen MR) is 103 cm³/mol. The fraction of sp³-hybridized carbons (Fsp3) is 0.368. The van der Waals surface area contributed by atoms with Gasteiger partial charge in [0.1, 0.15) is 18.2 Å². The molecule has 0 atom stereocenters.